The van der Waals surface area contributed by atoms with Crippen molar-refractivity contribution in [3.8, 4) is 0 Å². The van der Waals surface area contributed by atoms with Crippen LogP contribution in [0.2, 0.25) is 0 Å². The Bertz CT molecular complexity index is 325. The van der Waals surface area contributed by atoms with E-state index in [4.69, 9.17) is 0 Å². The standard InChI is InChI=1S/C7H8N4O/c1-4-7(12)11-5-2-8-3-9-6(5)10-4/h2-4H,1H3,(H,11,12)(H,8,9,10)/t4-/m0/s1. The summed E-state index contributed by atoms with van der Waals surface area (Å²) in [7, 11) is 0. The van der Waals surface area contributed by atoms with Crippen LogP contribution >= 0.6 is 0 Å². The van der Waals surface area contributed by atoms with Crippen molar-refractivity contribution in [3.63, 3.8) is 0 Å². The molecule has 5 nitrogen and oxygen atoms in total. The van der Waals surface area contributed by atoms with E-state index in [2.05, 4.69) is 20.6 Å². The number of fused-ring (bicyclic) bond motifs is 1. The zero-order chi connectivity index (χ0) is 8.55. The number of hydrogen-bond acceptors (Lipinski definition) is 4. The molecular weight excluding hydrogens is 156 g/mol. The molecule has 2 heterocycles. The third kappa shape index (κ3) is 0.990. The number of nitrogens with one attached hydrogen (secondary N) is 2. The summed E-state index contributed by atoms with van der Waals surface area (Å²) >= 11 is 0. The molecule has 0 saturated heterocycles. The highest BCUT2D eigenvalue weighted by atomic mass is 16.2. The molecule has 2 rings (SSSR count). The minimum absolute atomic E-state index is 0.0581. The van der Waals surface area contributed by atoms with Gasteiger partial charge in [-0.2, -0.15) is 0 Å². The molecule has 0 unspecified atom stereocenters. The highest BCUT2D eigenvalue weighted by molar-refractivity contribution is 6.01. The molecule has 1 atom stereocenters. The van der Waals surface area contributed by atoms with Crippen molar-refractivity contribution in [3.05, 3.63) is 12.5 Å². The lowest BCUT2D eigenvalue weighted by Gasteiger charge is -2.21. The lowest BCUT2D eigenvalue weighted by atomic mass is 10.2. The first-order valence-electron chi connectivity index (χ1n) is 3.65. The van der Waals surface area contributed by atoms with Crippen LogP contribution in [0.4, 0.5) is 11.5 Å². The molecule has 2 N–H and O–H groups in total. The minimum atomic E-state index is -0.229. The smallest absolute Gasteiger partial charge is 0.246 e. The molecule has 1 aromatic heterocycles. The second kappa shape index (κ2) is 2.44. The maximum Gasteiger partial charge on any atom is 0.246 e. The van der Waals surface area contributed by atoms with Crippen LogP contribution in [0.25, 0.3) is 0 Å². The number of aromatic nitrogens is 2. The van der Waals surface area contributed by atoms with Gasteiger partial charge in [-0.3, -0.25) is 4.79 Å². The topological polar surface area (TPSA) is 66.9 Å². The van der Waals surface area contributed by atoms with Gasteiger partial charge in [0.15, 0.2) is 5.82 Å². The molecule has 0 aliphatic carbocycles. The van der Waals surface area contributed by atoms with Gasteiger partial charge >= 0.3 is 0 Å². The second-order valence-corrected chi connectivity index (χ2v) is 2.64. The quantitative estimate of drug-likeness (QED) is 0.576. The highest BCUT2D eigenvalue weighted by Gasteiger charge is 2.21. The van der Waals surface area contributed by atoms with Crippen LogP contribution in [0, 0.1) is 0 Å². The lowest BCUT2D eigenvalue weighted by Crippen LogP contribution is -2.36. The largest absolute Gasteiger partial charge is 0.357 e. The van der Waals surface area contributed by atoms with Crippen LogP contribution in [0.3, 0.4) is 0 Å². The summed E-state index contributed by atoms with van der Waals surface area (Å²) < 4.78 is 0. The van der Waals surface area contributed by atoms with Crippen molar-refractivity contribution in [2.75, 3.05) is 10.6 Å². The first kappa shape index (κ1) is 7.02. The van der Waals surface area contributed by atoms with Crippen molar-refractivity contribution in [2.24, 2.45) is 0 Å². The van der Waals surface area contributed by atoms with Crippen LogP contribution in [0.15, 0.2) is 12.5 Å². The maximum atomic E-state index is 11.1. The Hall–Kier alpha value is -1.65. The maximum absolute atomic E-state index is 11.1. The SMILES string of the molecule is C[C@@H]1Nc2ncncc2NC1=O. The highest BCUT2D eigenvalue weighted by Crippen LogP contribution is 2.21. The minimum Gasteiger partial charge on any atom is -0.357 e. The van der Waals surface area contributed by atoms with Gasteiger partial charge in [-0.05, 0) is 6.92 Å². The summed E-state index contributed by atoms with van der Waals surface area (Å²) in [5.74, 6) is 0.620. The predicted octanol–water partition coefficient (Wildman–Crippen LogP) is 0.229. The zero-order valence-corrected chi connectivity index (χ0v) is 6.53. The van der Waals surface area contributed by atoms with E-state index in [-0.39, 0.29) is 11.9 Å². The monoisotopic (exact) mass is 164 g/mol. The Morgan fingerprint density at radius 1 is 1.58 bits per heavy atom. The normalized spacial score (nSPS) is 20.8. The fourth-order valence-electron chi connectivity index (χ4n) is 1.05. The molecular formula is C7H8N4O. The van der Waals surface area contributed by atoms with Crippen LogP contribution in [0.1, 0.15) is 6.92 Å². The van der Waals surface area contributed by atoms with Gasteiger partial charge in [0, 0.05) is 0 Å². The molecule has 1 aromatic rings. The van der Waals surface area contributed by atoms with Crippen molar-refractivity contribution in [1.29, 1.82) is 0 Å². The Labute approximate surface area is 69.2 Å². The Kier molecular flexibility index (Phi) is 1.43. The predicted molar refractivity (Wildman–Crippen MR) is 43.7 cm³/mol. The van der Waals surface area contributed by atoms with E-state index < -0.39 is 0 Å². The fraction of sp³-hybridized carbons (Fsp3) is 0.286. The molecule has 62 valence electrons. The van der Waals surface area contributed by atoms with E-state index in [0.29, 0.717) is 11.5 Å². The van der Waals surface area contributed by atoms with Crippen molar-refractivity contribution >= 4 is 17.4 Å². The van der Waals surface area contributed by atoms with Crippen LogP contribution < -0.4 is 10.6 Å². The summed E-state index contributed by atoms with van der Waals surface area (Å²) in [5, 5.41) is 5.63. The zero-order valence-electron chi connectivity index (χ0n) is 6.53. The average molecular weight is 164 g/mol. The van der Waals surface area contributed by atoms with E-state index in [1.54, 1.807) is 13.1 Å². The van der Waals surface area contributed by atoms with Crippen LogP contribution in [0.5, 0.6) is 0 Å². The fourth-order valence-corrected chi connectivity index (χ4v) is 1.05. The first-order valence-corrected chi connectivity index (χ1v) is 3.65. The first-order chi connectivity index (χ1) is 5.77. The molecule has 0 saturated carbocycles. The summed E-state index contributed by atoms with van der Waals surface area (Å²) in [6, 6.07) is -0.229. The van der Waals surface area contributed by atoms with E-state index in [0.717, 1.165) is 0 Å². The van der Waals surface area contributed by atoms with Gasteiger partial charge in [0.05, 0.1) is 6.20 Å². The van der Waals surface area contributed by atoms with E-state index >= 15 is 0 Å². The number of carbonyl (C=O) groups excluding carboxylic acids is 1. The molecule has 1 amide bonds. The molecule has 5 heteroatoms. The van der Waals surface area contributed by atoms with Gasteiger partial charge in [-0.25, -0.2) is 9.97 Å². The summed E-state index contributed by atoms with van der Waals surface area (Å²) in [6.07, 6.45) is 3.01. The number of hydrogen-bond donors (Lipinski definition) is 2. The van der Waals surface area contributed by atoms with E-state index in [1.807, 2.05) is 0 Å². The van der Waals surface area contributed by atoms with Crippen molar-refractivity contribution < 1.29 is 4.79 Å². The van der Waals surface area contributed by atoms with Crippen LogP contribution in [-0.4, -0.2) is 21.9 Å². The molecule has 0 aromatic carbocycles. The third-order valence-electron chi connectivity index (χ3n) is 1.72. The van der Waals surface area contributed by atoms with Gasteiger partial charge in [-0.1, -0.05) is 0 Å². The number of carbonyl (C=O) groups is 1. The van der Waals surface area contributed by atoms with Gasteiger partial charge in [0.1, 0.15) is 18.1 Å². The number of nitrogens with zero attached hydrogens (tertiary/aromatic N) is 2. The Morgan fingerprint density at radius 2 is 2.42 bits per heavy atom. The van der Waals surface area contributed by atoms with Crippen LogP contribution in [-0.2, 0) is 4.79 Å². The van der Waals surface area contributed by atoms with E-state index in [9.17, 15) is 4.79 Å². The van der Waals surface area contributed by atoms with Gasteiger partial charge in [-0.15, -0.1) is 0 Å². The average Bonchev–Trinajstić information content (AvgIpc) is 2.07. The Morgan fingerprint density at radius 3 is 3.25 bits per heavy atom. The third-order valence-corrected chi connectivity index (χ3v) is 1.72. The summed E-state index contributed by atoms with van der Waals surface area (Å²) in [4.78, 5) is 18.9. The molecule has 12 heavy (non-hydrogen) atoms. The van der Waals surface area contributed by atoms with Gasteiger partial charge in [0.25, 0.3) is 0 Å². The number of amides is 1. The lowest BCUT2D eigenvalue weighted by molar-refractivity contribution is -0.116. The second-order valence-electron chi connectivity index (χ2n) is 2.64. The van der Waals surface area contributed by atoms with E-state index in [1.165, 1.54) is 6.33 Å². The Balaban J connectivity index is 2.40. The molecule has 0 radical (unpaired) electrons. The van der Waals surface area contributed by atoms with Crippen molar-refractivity contribution in [1.82, 2.24) is 9.97 Å². The van der Waals surface area contributed by atoms with Gasteiger partial charge in [0.2, 0.25) is 5.91 Å². The summed E-state index contributed by atoms with van der Waals surface area (Å²) in [5.41, 5.74) is 0.639. The van der Waals surface area contributed by atoms with Gasteiger partial charge < -0.3 is 10.6 Å². The molecule has 0 bridgehead atoms. The van der Waals surface area contributed by atoms with Crippen molar-refractivity contribution in [2.45, 2.75) is 13.0 Å². The molecule has 0 fully saturated rings. The molecule has 0 spiro atoms. The number of anilines is 2. The summed E-state index contributed by atoms with van der Waals surface area (Å²) in [6.45, 7) is 1.78. The molecule has 1 aliphatic heterocycles. The molecule has 1 aliphatic rings. The number of rotatable bonds is 0.